The van der Waals surface area contributed by atoms with Crippen LogP contribution in [0.15, 0.2) is 68.8 Å². The van der Waals surface area contributed by atoms with Crippen LogP contribution >= 0.6 is 11.8 Å². The Morgan fingerprint density at radius 3 is 2.68 bits per heavy atom. The van der Waals surface area contributed by atoms with Crippen molar-refractivity contribution in [1.29, 1.82) is 5.26 Å². The highest BCUT2D eigenvalue weighted by molar-refractivity contribution is 8.06. The summed E-state index contributed by atoms with van der Waals surface area (Å²) in [5.41, 5.74) is 7.61. The number of anilines is 1. The Morgan fingerprint density at radius 2 is 1.93 bits per heavy atom. The van der Waals surface area contributed by atoms with Gasteiger partial charge in [0, 0.05) is 23.0 Å². The number of nitrogens with one attached hydrogen (secondary N) is 1. The highest BCUT2D eigenvalue weighted by Gasteiger charge is 2.59. The van der Waals surface area contributed by atoms with Gasteiger partial charge in [-0.05, 0) is 111 Å². The molecule has 1 amide bonds. The second kappa shape index (κ2) is 10.8. The number of benzene rings is 1. The number of amides is 1. The summed E-state index contributed by atoms with van der Waals surface area (Å²) in [5.74, 6) is 1.89. The quantitative estimate of drug-likeness (QED) is 0.131. The Morgan fingerprint density at radius 1 is 1.15 bits per heavy atom. The molecule has 7 heteroatoms. The molecule has 1 aromatic carbocycles. The molecular weight excluding hydrogens is 528 g/mol. The van der Waals surface area contributed by atoms with Crippen LogP contribution in [-0.4, -0.2) is 22.8 Å². The standard InChI is InChI=1S/C34H42N4O2S/c1-21-20-41-32(38(21)24-8-6-5-7-9-24)27(19-35)31(40)37-36-22(2)28-12-13-29-26-11-10-23-18-25(39)14-16-33(23,3)30(26)15-17-34(28,29)4/h5-10,20,25-26,28-30,39H,11-18H2,1-4H3,(H,37,40)/b32-27+,36-22+/t25-,26-,28+,29-,30-,33-,34+/m0/s1. The summed E-state index contributed by atoms with van der Waals surface area (Å²) in [5, 5.41) is 27.5. The summed E-state index contributed by atoms with van der Waals surface area (Å²) in [7, 11) is 0. The van der Waals surface area contributed by atoms with Crippen molar-refractivity contribution in [3.63, 3.8) is 0 Å². The smallest absolute Gasteiger partial charge is 0.284 e. The number of carbonyl (C=O) groups excluding carboxylic acids is 1. The summed E-state index contributed by atoms with van der Waals surface area (Å²) in [4.78, 5) is 15.3. The monoisotopic (exact) mass is 570 g/mol. The molecule has 3 saturated carbocycles. The lowest BCUT2D eigenvalue weighted by molar-refractivity contribution is -0.117. The zero-order chi connectivity index (χ0) is 28.9. The first-order valence-electron chi connectivity index (χ1n) is 15.2. The number of hydrazone groups is 1. The Balaban J connectivity index is 1.19. The first-order chi connectivity index (χ1) is 19.7. The van der Waals surface area contributed by atoms with Crippen LogP contribution in [-0.2, 0) is 4.79 Å². The third-order valence-corrected chi connectivity index (χ3v) is 12.4. The van der Waals surface area contributed by atoms with Gasteiger partial charge in [-0.25, -0.2) is 5.43 Å². The van der Waals surface area contributed by atoms with Crippen LogP contribution in [0.1, 0.15) is 79.1 Å². The molecular formula is C34H42N4O2S. The van der Waals surface area contributed by atoms with Crippen LogP contribution in [0.4, 0.5) is 5.69 Å². The second-order valence-corrected chi connectivity index (χ2v) is 14.2. The van der Waals surface area contributed by atoms with E-state index in [2.05, 4.69) is 43.4 Å². The third-order valence-electron chi connectivity index (χ3n) is 11.4. The van der Waals surface area contributed by atoms with Crippen LogP contribution < -0.4 is 10.3 Å². The van der Waals surface area contributed by atoms with Gasteiger partial charge in [0.2, 0.25) is 0 Å². The molecule has 41 heavy (non-hydrogen) atoms. The van der Waals surface area contributed by atoms with Crippen molar-refractivity contribution in [3.05, 3.63) is 63.7 Å². The van der Waals surface area contributed by atoms with E-state index in [-0.39, 0.29) is 22.5 Å². The number of thioether (sulfide) groups is 1. The molecule has 1 aromatic rings. The molecule has 5 aliphatic rings. The zero-order valence-corrected chi connectivity index (χ0v) is 25.5. The summed E-state index contributed by atoms with van der Waals surface area (Å²) < 4.78 is 0. The minimum Gasteiger partial charge on any atom is -0.393 e. The van der Waals surface area contributed by atoms with E-state index in [9.17, 15) is 15.2 Å². The van der Waals surface area contributed by atoms with E-state index >= 15 is 0 Å². The van der Waals surface area contributed by atoms with Gasteiger partial charge in [-0.3, -0.25) is 4.79 Å². The number of nitrogens with zero attached hydrogens (tertiary/aromatic N) is 3. The molecule has 1 heterocycles. The average Bonchev–Trinajstić information content (AvgIpc) is 3.52. The van der Waals surface area contributed by atoms with E-state index in [1.807, 2.05) is 47.6 Å². The van der Waals surface area contributed by atoms with Crippen LogP contribution in [0, 0.1) is 45.8 Å². The largest absolute Gasteiger partial charge is 0.393 e. The normalized spacial score (nSPS) is 37.7. The third kappa shape index (κ3) is 4.68. The lowest BCUT2D eigenvalue weighted by Gasteiger charge is -2.58. The minimum absolute atomic E-state index is 0.0789. The second-order valence-electron chi connectivity index (χ2n) is 13.4. The molecule has 0 bridgehead atoms. The predicted molar refractivity (Wildman–Crippen MR) is 165 cm³/mol. The fourth-order valence-electron chi connectivity index (χ4n) is 9.27. The molecule has 6 nitrogen and oxygen atoms in total. The van der Waals surface area contributed by atoms with Crippen molar-refractivity contribution in [1.82, 2.24) is 5.43 Å². The highest BCUT2D eigenvalue weighted by atomic mass is 32.2. The number of nitriles is 1. The van der Waals surface area contributed by atoms with Crippen LogP contribution in [0.3, 0.4) is 0 Å². The van der Waals surface area contributed by atoms with Gasteiger partial charge in [-0.1, -0.05) is 55.5 Å². The van der Waals surface area contributed by atoms with Crippen molar-refractivity contribution in [2.24, 2.45) is 39.6 Å². The molecule has 6 rings (SSSR count). The van der Waals surface area contributed by atoms with Crippen LogP contribution in [0.2, 0.25) is 0 Å². The Bertz CT molecular complexity index is 1390. The van der Waals surface area contributed by atoms with Gasteiger partial charge >= 0.3 is 0 Å². The average molecular weight is 571 g/mol. The first kappa shape index (κ1) is 28.3. The molecule has 7 atom stereocenters. The van der Waals surface area contributed by atoms with Crippen molar-refractivity contribution < 1.29 is 9.90 Å². The number of hydrogen-bond acceptors (Lipinski definition) is 6. The molecule has 3 fully saturated rings. The molecule has 2 N–H and O–H groups in total. The number of fused-ring (bicyclic) bond motifs is 5. The number of para-hydroxylation sites is 1. The Labute approximate surface area is 248 Å². The summed E-state index contributed by atoms with van der Waals surface area (Å²) >= 11 is 1.40. The van der Waals surface area contributed by atoms with Gasteiger partial charge in [-0.2, -0.15) is 10.4 Å². The van der Waals surface area contributed by atoms with Crippen molar-refractivity contribution in [3.8, 4) is 6.07 Å². The van der Waals surface area contributed by atoms with Gasteiger partial charge in [0.15, 0.2) is 0 Å². The summed E-state index contributed by atoms with van der Waals surface area (Å²) in [6.45, 7) is 8.97. The SMILES string of the molecule is CC1=CS/C(=C(\C#N)C(=O)N/N=C(\C)[C@H]2CC[C@H]3[C@@H]4CC=C5C[C@@H](O)CC[C@]5(C)[C@H]4CC[C@]23C)N1c1ccccc1. The molecule has 0 spiro atoms. The first-order valence-corrected chi connectivity index (χ1v) is 16.1. The number of aliphatic hydroxyl groups is 1. The van der Waals surface area contributed by atoms with Gasteiger partial charge in [0.25, 0.3) is 5.91 Å². The van der Waals surface area contributed by atoms with E-state index in [4.69, 9.17) is 0 Å². The molecule has 0 radical (unpaired) electrons. The number of allylic oxidation sites excluding steroid dienone is 2. The Kier molecular flexibility index (Phi) is 7.45. The van der Waals surface area contributed by atoms with Gasteiger partial charge in [0.05, 0.1) is 6.10 Å². The van der Waals surface area contributed by atoms with E-state index in [0.717, 1.165) is 49.2 Å². The maximum absolute atomic E-state index is 13.3. The van der Waals surface area contributed by atoms with E-state index in [1.165, 1.54) is 36.6 Å². The van der Waals surface area contributed by atoms with Crippen LogP contribution in [0.5, 0.6) is 0 Å². The molecule has 0 saturated heterocycles. The summed E-state index contributed by atoms with van der Waals surface area (Å²) in [6.07, 6.45) is 11.0. The fourth-order valence-corrected chi connectivity index (χ4v) is 10.3. The van der Waals surface area contributed by atoms with Crippen molar-refractivity contribution in [2.45, 2.75) is 85.2 Å². The van der Waals surface area contributed by atoms with E-state index in [1.54, 1.807) is 0 Å². The van der Waals surface area contributed by atoms with Crippen molar-refractivity contribution in [2.75, 3.05) is 4.90 Å². The minimum atomic E-state index is -0.459. The maximum Gasteiger partial charge on any atom is 0.284 e. The maximum atomic E-state index is 13.3. The predicted octanol–water partition coefficient (Wildman–Crippen LogP) is 7.27. The lowest BCUT2D eigenvalue weighted by atomic mass is 9.47. The molecule has 216 valence electrons. The van der Waals surface area contributed by atoms with Crippen LogP contribution in [0.25, 0.3) is 0 Å². The lowest BCUT2D eigenvalue weighted by Crippen LogP contribution is -2.51. The summed E-state index contributed by atoms with van der Waals surface area (Å²) in [6, 6.07) is 12.0. The van der Waals surface area contributed by atoms with E-state index in [0.29, 0.717) is 28.7 Å². The molecule has 1 aliphatic heterocycles. The number of hydrogen-bond donors (Lipinski definition) is 2. The highest BCUT2D eigenvalue weighted by Crippen LogP contribution is 2.66. The fraction of sp³-hybridized carbons (Fsp3) is 0.559. The topological polar surface area (TPSA) is 88.7 Å². The number of rotatable bonds is 4. The Hall–Kier alpha value is -2.82. The van der Waals surface area contributed by atoms with Gasteiger partial charge in [-0.15, -0.1) is 0 Å². The number of carbonyl (C=O) groups is 1. The van der Waals surface area contributed by atoms with Gasteiger partial charge < -0.3 is 10.0 Å². The molecule has 4 aliphatic carbocycles. The zero-order valence-electron chi connectivity index (χ0n) is 24.7. The number of aliphatic hydroxyl groups excluding tert-OH is 1. The molecule has 0 aromatic heterocycles. The van der Waals surface area contributed by atoms with E-state index < -0.39 is 5.91 Å². The van der Waals surface area contributed by atoms with Crippen molar-refractivity contribution >= 4 is 29.1 Å². The van der Waals surface area contributed by atoms with Gasteiger partial charge in [0.1, 0.15) is 16.7 Å². The molecule has 0 unspecified atom stereocenters.